The number of piperidine rings is 1. The maximum Gasteiger partial charge on any atom is 0.0595 e. The van der Waals surface area contributed by atoms with Crippen LogP contribution in [0.15, 0.2) is 0 Å². The first-order chi connectivity index (χ1) is 8.04. The summed E-state index contributed by atoms with van der Waals surface area (Å²) < 4.78 is 5.42. The van der Waals surface area contributed by atoms with Crippen LogP contribution >= 0.6 is 0 Å². The molecule has 0 aromatic carbocycles. The van der Waals surface area contributed by atoms with Crippen molar-refractivity contribution in [2.45, 2.75) is 58.7 Å². The Morgan fingerprint density at radius 1 is 1.18 bits per heavy atom. The number of likely N-dealkylation sites (tertiary alicyclic amines) is 1. The van der Waals surface area contributed by atoms with Crippen molar-refractivity contribution in [3.05, 3.63) is 0 Å². The Hall–Kier alpha value is -0.120. The average Bonchev–Trinajstić information content (AvgIpc) is 2.35. The van der Waals surface area contributed by atoms with E-state index in [2.05, 4.69) is 37.9 Å². The minimum atomic E-state index is 0.488. The van der Waals surface area contributed by atoms with Crippen molar-refractivity contribution in [3.63, 3.8) is 0 Å². The van der Waals surface area contributed by atoms with E-state index in [4.69, 9.17) is 4.74 Å². The van der Waals surface area contributed by atoms with E-state index < -0.39 is 0 Å². The number of rotatable bonds is 6. The molecule has 0 spiro atoms. The first-order valence-corrected chi connectivity index (χ1v) is 7.04. The molecule has 3 nitrogen and oxygen atoms in total. The lowest BCUT2D eigenvalue weighted by molar-refractivity contribution is 0.0214. The molecule has 0 radical (unpaired) electrons. The quantitative estimate of drug-likeness (QED) is 0.772. The molecular formula is C14H30N2O. The summed E-state index contributed by atoms with van der Waals surface area (Å²) in [6.45, 7) is 12.6. The van der Waals surface area contributed by atoms with E-state index in [1.807, 2.05) is 7.11 Å². The molecule has 1 saturated heterocycles. The SMILES string of the molecule is COC1CCN(C(C)C(C)CNC(C)C)CC1. The van der Waals surface area contributed by atoms with Crippen molar-refractivity contribution in [2.24, 2.45) is 5.92 Å². The molecule has 0 aromatic rings. The molecule has 0 saturated carbocycles. The van der Waals surface area contributed by atoms with Gasteiger partial charge >= 0.3 is 0 Å². The van der Waals surface area contributed by atoms with Crippen molar-refractivity contribution in [3.8, 4) is 0 Å². The number of ether oxygens (including phenoxy) is 1. The average molecular weight is 242 g/mol. The minimum Gasteiger partial charge on any atom is -0.381 e. The van der Waals surface area contributed by atoms with Crippen LogP contribution in [0.2, 0.25) is 0 Å². The molecule has 1 N–H and O–H groups in total. The van der Waals surface area contributed by atoms with Crippen LogP contribution in [0, 0.1) is 5.92 Å². The number of nitrogens with zero attached hydrogens (tertiary/aromatic N) is 1. The van der Waals surface area contributed by atoms with Gasteiger partial charge in [0.25, 0.3) is 0 Å². The first kappa shape index (κ1) is 14.9. The largest absolute Gasteiger partial charge is 0.381 e. The van der Waals surface area contributed by atoms with Crippen LogP contribution in [0.4, 0.5) is 0 Å². The third-order valence-electron chi connectivity index (χ3n) is 4.06. The second-order valence-corrected chi connectivity index (χ2v) is 5.75. The number of hydrogen-bond acceptors (Lipinski definition) is 3. The summed E-state index contributed by atoms with van der Waals surface area (Å²) in [5, 5.41) is 3.53. The van der Waals surface area contributed by atoms with Crippen LogP contribution in [0.3, 0.4) is 0 Å². The molecule has 1 rings (SSSR count). The van der Waals surface area contributed by atoms with Crippen molar-refractivity contribution in [1.82, 2.24) is 10.2 Å². The van der Waals surface area contributed by atoms with E-state index in [1.54, 1.807) is 0 Å². The van der Waals surface area contributed by atoms with Gasteiger partial charge in [0, 0.05) is 32.3 Å². The Morgan fingerprint density at radius 2 is 1.76 bits per heavy atom. The number of methoxy groups -OCH3 is 1. The molecule has 1 heterocycles. The molecular weight excluding hydrogens is 212 g/mol. The molecule has 3 heteroatoms. The smallest absolute Gasteiger partial charge is 0.0595 e. The lowest BCUT2D eigenvalue weighted by atomic mass is 9.98. The van der Waals surface area contributed by atoms with Gasteiger partial charge in [-0.05, 0) is 32.2 Å². The predicted octanol–water partition coefficient (Wildman–Crippen LogP) is 2.12. The first-order valence-electron chi connectivity index (χ1n) is 7.04. The standard InChI is InChI=1S/C14H30N2O/c1-11(2)15-10-12(3)13(4)16-8-6-14(17-5)7-9-16/h11-15H,6-10H2,1-5H3. The Morgan fingerprint density at radius 3 is 2.24 bits per heavy atom. The molecule has 0 bridgehead atoms. The monoisotopic (exact) mass is 242 g/mol. The Bertz CT molecular complexity index is 200. The molecule has 0 amide bonds. The van der Waals surface area contributed by atoms with E-state index in [-0.39, 0.29) is 0 Å². The van der Waals surface area contributed by atoms with Crippen LogP contribution < -0.4 is 5.32 Å². The summed E-state index contributed by atoms with van der Waals surface area (Å²) in [6, 6.07) is 1.25. The van der Waals surface area contributed by atoms with E-state index in [9.17, 15) is 0 Å². The summed E-state index contributed by atoms with van der Waals surface area (Å²) >= 11 is 0. The normalized spacial score (nSPS) is 22.9. The fourth-order valence-electron chi connectivity index (χ4n) is 2.47. The second-order valence-electron chi connectivity index (χ2n) is 5.75. The van der Waals surface area contributed by atoms with Gasteiger partial charge in [0.05, 0.1) is 6.10 Å². The van der Waals surface area contributed by atoms with Crippen LogP contribution in [0.5, 0.6) is 0 Å². The van der Waals surface area contributed by atoms with Gasteiger partial charge in [-0.25, -0.2) is 0 Å². The minimum absolute atomic E-state index is 0.488. The highest BCUT2D eigenvalue weighted by atomic mass is 16.5. The zero-order valence-corrected chi connectivity index (χ0v) is 12.2. The summed E-state index contributed by atoms with van der Waals surface area (Å²) in [4.78, 5) is 2.61. The van der Waals surface area contributed by atoms with Gasteiger partial charge < -0.3 is 15.0 Å². The Labute approximate surface area is 107 Å². The lowest BCUT2D eigenvalue weighted by Crippen LogP contribution is -2.47. The summed E-state index contributed by atoms with van der Waals surface area (Å²) in [7, 11) is 1.83. The van der Waals surface area contributed by atoms with Crippen LogP contribution in [-0.2, 0) is 4.74 Å². The Balaban J connectivity index is 2.29. The molecule has 1 aliphatic heterocycles. The van der Waals surface area contributed by atoms with Crippen molar-refractivity contribution in [1.29, 1.82) is 0 Å². The molecule has 0 aromatic heterocycles. The van der Waals surface area contributed by atoms with E-state index in [0.29, 0.717) is 24.1 Å². The van der Waals surface area contributed by atoms with Gasteiger partial charge in [-0.3, -0.25) is 0 Å². The summed E-state index contributed by atoms with van der Waals surface area (Å²) in [6.07, 6.45) is 2.86. The van der Waals surface area contributed by atoms with Gasteiger partial charge in [0.15, 0.2) is 0 Å². The van der Waals surface area contributed by atoms with Crippen molar-refractivity contribution >= 4 is 0 Å². The van der Waals surface area contributed by atoms with E-state index >= 15 is 0 Å². The zero-order valence-electron chi connectivity index (χ0n) is 12.2. The van der Waals surface area contributed by atoms with Crippen LogP contribution in [-0.4, -0.2) is 49.8 Å². The zero-order chi connectivity index (χ0) is 12.8. The Kier molecular flexibility index (Phi) is 6.45. The topological polar surface area (TPSA) is 24.5 Å². The van der Waals surface area contributed by atoms with E-state index in [1.165, 1.54) is 25.9 Å². The highest BCUT2D eigenvalue weighted by Crippen LogP contribution is 2.19. The molecule has 0 aliphatic carbocycles. The van der Waals surface area contributed by atoms with Gasteiger partial charge in [-0.15, -0.1) is 0 Å². The molecule has 2 atom stereocenters. The molecule has 1 aliphatic rings. The number of nitrogens with one attached hydrogen (secondary N) is 1. The third-order valence-corrected chi connectivity index (χ3v) is 4.06. The number of hydrogen-bond donors (Lipinski definition) is 1. The van der Waals surface area contributed by atoms with Crippen molar-refractivity contribution < 1.29 is 4.74 Å². The second kappa shape index (κ2) is 7.34. The van der Waals surface area contributed by atoms with Gasteiger partial charge in [0.1, 0.15) is 0 Å². The summed E-state index contributed by atoms with van der Waals surface area (Å²) in [5.74, 6) is 0.705. The van der Waals surface area contributed by atoms with Gasteiger partial charge in [-0.1, -0.05) is 20.8 Å². The van der Waals surface area contributed by atoms with Crippen molar-refractivity contribution in [2.75, 3.05) is 26.7 Å². The van der Waals surface area contributed by atoms with E-state index in [0.717, 1.165) is 6.54 Å². The third kappa shape index (κ3) is 4.94. The molecule has 17 heavy (non-hydrogen) atoms. The van der Waals surface area contributed by atoms with Crippen LogP contribution in [0.1, 0.15) is 40.5 Å². The highest BCUT2D eigenvalue weighted by molar-refractivity contribution is 4.80. The predicted molar refractivity (Wildman–Crippen MR) is 73.4 cm³/mol. The molecule has 1 fully saturated rings. The van der Waals surface area contributed by atoms with Crippen LogP contribution in [0.25, 0.3) is 0 Å². The molecule has 102 valence electrons. The fraction of sp³-hybridized carbons (Fsp3) is 1.00. The maximum absolute atomic E-state index is 5.42. The fourth-order valence-corrected chi connectivity index (χ4v) is 2.47. The molecule has 2 unspecified atom stereocenters. The summed E-state index contributed by atoms with van der Waals surface area (Å²) in [5.41, 5.74) is 0. The maximum atomic E-state index is 5.42. The van der Waals surface area contributed by atoms with Gasteiger partial charge in [0.2, 0.25) is 0 Å². The van der Waals surface area contributed by atoms with Gasteiger partial charge in [-0.2, -0.15) is 0 Å². The lowest BCUT2D eigenvalue weighted by Gasteiger charge is -2.38. The highest BCUT2D eigenvalue weighted by Gasteiger charge is 2.25.